The van der Waals surface area contributed by atoms with E-state index in [0.717, 1.165) is 76.2 Å². The van der Waals surface area contributed by atoms with Gasteiger partial charge in [0.25, 0.3) is 4.92 Å². The van der Waals surface area contributed by atoms with Crippen molar-refractivity contribution in [2.45, 2.75) is 189 Å². The zero-order chi connectivity index (χ0) is 66.6. The third-order valence-electron chi connectivity index (χ3n) is 13.1. The normalized spacial score (nSPS) is 17.8. The van der Waals surface area contributed by atoms with Crippen LogP contribution in [0.25, 0.3) is 0 Å². The fourth-order valence-electron chi connectivity index (χ4n) is 8.41. The van der Waals surface area contributed by atoms with E-state index in [9.17, 15) is 40.4 Å². The van der Waals surface area contributed by atoms with E-state index in [1.807, 2.05) is 58.9 Å². The van der Waals surface area contributed by atoms with Gasteiger partial charge in [-0.15, -0.1) is 6.58 Å². The largest absolute Gasteiger partial charge is 0.490 e. The van der Waals surface area contributed by atoms with Gasteiger partial charge in [0.15, 0.2) is 7.11 Å². The first kappa shape index (κ1) is 89.6. The van der Waals surface area contributed by atoms with Gasteiger partial charge in [-0.1, -0.05) is 163 Å². The maximum absolute atomic E-state index is 14.4. The lowest BCUT2D eigenvalue weighted by molar-refractivity contribution is -0.758. The molecule has 0 aromatic heterocycles. The van der Waals surface area contributed by atoms with Gasteiger partial charge >= 0.3 is 29.7 Å². The minimum atomic E-state index is -5.08. The molecule has 6 atom stereocenters. The van der Waals surface area contributed by atoms with Crippen LogP contribution in [0.3, 0.4) is 0 Å². The van der Waals surface area contributed by atoms with Gasteiger partial charge in [0.2, 0.25) is 0 Å². The Morgan fingerprint density at radius 1 is 0.882 bits per heavy atom. The molecular weight excluding hydrogens is 1200 g/mol. The number of carboxylic acid groups (broad SMARTS) is 2. The second-order valence-corrected chi connectivity index (χ2v) is 21.9. The monoisotopic (exact) mass is 1300 g/mol. The third kappa shape index (κ3) is 48.5. The maximum Gasteiger partial charge on any atom is 0.490 e. The molecule has 1 fully saturated rings. The Balaban J connectivity index is -0.000000373. The van der Waals surface area contributed by atoms with E-state index in [4.69, 9.17) is 42.9 Å². The molecule has 0 aliphatic heterocycles. The molecule has 3 aliphatic rings. The predicted molar refractivity (Wildman–Crippen MR) is 347 cm³/mol. The summed E-state index contributed by atoms with van der Waals surface area (Å²) in [6, 6.07) is 0. The van der Waals surface area contributed by atoms with Crippen molar-refractivity contribution in [2.75, 3.05) is 66.6 Å². The van der Waals surface area contributed by atoms with Gasteiger partial charge in [-0.05, 0) is 151 Å². The Hall–Kier alpha value is -4.14. The highest BCUT2D eigenvalue weighted by Crippen LogP contribution is 2.29. The number of aliphatic carboxylic acids is 2. The minimum Gasteiger partial charge on any atom is -0.477 e. The first-order valence-electron chi connectivity index (χ1n) is 30.0. The van der Waals surface area contributed by atoms with Crippen LogP contribution in [0.4, 0.5) is 30.7 Å². The number of carboxylic acids is 2. The summed E-state index contributed by atoms with van der Waals surface area (Å²) in [6.07, 6.45) is 33.2. The Bertz CT molecular complexity index is 2000. The molecule has 3 rings (SSSR count). The Labute approximate surface area is 522 Å². The van der Waals surface area contributed by atoms with Crippen LogP contribution < -0.4 is 11.5 Å². The van der Waals surface area contributed by atoms with Crippen molar-refractivity contribution in [3.8, 4) is 0 Å². The lowest BCUT2D eigenvalue weighted by atomic mass is 9.97. The molecule has 0 aromatic rings. The van der Waals surface area contributed by atoms with Gasteiger partial charge in [-0.2, -0.15) is 22.0 Å². The van der Waals surface area contributed by atoms with E-state index < -0.39 is 30.2 Å². The van der Waals surface area contributed by atoms with Crippen LogP contribution in [0.2, 0.25) is 0 Å². The number of hydrogen-bond donors (Lipinski definition) is 4. The van der Waals surface area contributed by atoms with Crippen molar-refractivity contribution in [1.82, 2.24) is 9.80 Å². The van der Waals surface area contributed by atoms with Crippen LogP contribution in [0.1, 0.15) is 166 Å². The Morgan fingerprint density at radius 2 is 1.46 bits per heavy atom. The molecule has 11 nitrogen and oxygen atoms in total. The highest BCUT2D eigenvalue weighted by molar-refractivity contribution is 9.09. The summed E-state index contributed by atoms with van der Waals surface area (Å²) in [5.41, 5.74) is 16.2. The fourth-order valence-corrected chi connectivity index (χ4v) is 8.76. The summed E-state index contributed by atoms with van der Waals surface area (Å²) >= 11 is 10.0. The first-order valence-corrected chi connectivity index (χ1v) is 31.3. The van der Waals surface area contributed by atoms with Gasteiger partial charge in [-0.25, -0.2) is 18.8 Å². The second-order valence-electron chi connectivity index (χ2n) is 20.0. The molecule has 0 amide bonds. The zero-order valence-corrected chi connectivity index (χ0v) is 56.0. The molecule has 494 valence electrons. The van der Waals surface area contributed by atoms with E-state index in [0.29, 0.717) is 83.2 Å². The molecule has 20 heteroatoms. The van der Waals surface area contributed by atoms with E-state index in [1.165, 1.54) is 83.8 Å². The Kier molecular flexibility index (Phi) is 59.4. The topological polar surface area (TPSA) is 162 Å². The summed E-state index contributed by atoms with van der Waals surface area (Å²) in [5, 5.41) is 15.2. The molecule has 0 bridgehead atoms. The minimum absolute atomic E-state index is 0.329. The van der Waals surface area contributed by atoms with Crippen LogP contribution in [0.5, 0.6) is 0 Å². The average molecular weight is 1310 g/mol. The van der Waals surface area contributed by atoms with E-state index in [1.54, 1.807) is 12.2 Å². The van der Waals surface area contributed by atoms with Gasteiger partial charge in [-0.3, -0.25) is 14.2 Å². The number of alkyl halides is 8. The molecular formula is C65H111BrClF7N5O6+. The van der Waals surface area contributed by atoms with Crippen molar-refractivity contribution >= 4 is 39.5 Å². The number of hydrogen-bond acceptors (Lipinski definition) is 8. The molecule has 0 heterocycles. The number of halogens is 9. The standard InChI is InChI=1S/C29H44ClFN3O2.C22H39BrN2.C4H8.C3H4F2O2.C2HF3O2.2C2H6.CH3F/c1-5-23(17-28(22(3)31)29(30)6-2)19-33(20-25-10-7-9-24(18-32)13-14-25)21-26-11-8-12-27(16-15-26)34(35)36-4;1-4-11-21(16-24)12-9-10-15-25(17-19(2)20(3)23)18-22-13-7-5-6-8-14-22;1-3-4-2;1-3(4,5)2(6)7;3-2(4,5)1(6)7;3*1-2/h5,11-12,15-17,22,24-25H,1,6-10,13-14,18-21,32H2,2-4H3;5,7-8,14,20-22H,2,4,6,9-13,15-18,24H2,1,3H3;3H,1,4H2,2H3;1H3,(H,6,7);(H,6,7);2*1-2H3;1H3/q+1;;;;;;;/b23-17+,29-28-;;;;;;;. The highest BCUT2D eigenvalue weighted by Gasteiger charge is 2.38. The summed E-state index contributed by atoms with van der Waals surface area (Å²) in [7, 11) is 1.86. The van der Waals surface area contributed by atoms with E-state index >= 15 is 0 Å². The first-order chi connectivity index (χ1) is 40.2. The molecule has 0 aromatic carbocycles. The predicted octanol–water partition coefficient (Wildman–Crippen LogP) is 18.2. The fraction of sp³-hybridized carbons (Fsp3) is 0.662. The summed E-state index contributed by atoms with van der Waals surface area (Å²) < 4.78 is 78.1. The molecule has 0 saturated heterocycles. The second kappa shape index (κ2) is 56.4. The van der Waals surface area contributed by atoms with E-state index in [-0.39, 0.29) is 0 Å². The summed E-state index contributed by atoms with van der Waals surface area (Å²) in [4.78, 5) is 40.8. The number of carbonyl (C=O) groups is 2. The van der Waals surface area contributed by atoms with Crippen LogP contribution >= 0.6 is 27.5 Å². The number of unbranched alkanes of at least 4 members (excludes halogenated alkanes) is 1. The molecule has 6 N–H and O–H groups in total. The quantitative estimate of drug-likeness (QED) is 0.0113. The SMILES string of the molecule is C=C(CN(CCCCC(CN)CCC)CC1C=CCC=CC1)C(C)Br.C=C/C(=C\C(=C(\Cl)CC)C(C)F)CN(CC1=CCC=C([N+](=O)OC)C=C1)CC1CCCC(CN)CC1.C=CCC.CC.CC.CC(F)(F)C(=O)O.CF.O=C(O)C(F)(F)F. The summed E-state index contributed by atoms with van der Waals surface area (Å²) in [5.74, 6) is -5.88. The highest BCUT2D eigenvalue weighted by atomic mass is 79.9. The van der Waals surface area contributed by atoms with Crippen molar-refractivity contribution < 1.29 is 60.3 Å². The zero-order valence-electron chi connectivity index (χ0n) is 53.6. The number of nitrogens with two attached hydrogens (primary N) is 2. The lowest BCUT2D eigenvalue weighted by Crippen LogP contribution is -2.33. The van der Waals surface area contributed by atoms with Crippen LogP contribution in [0, 0.1) is 28.6 Å². The number of rotatable bonds is 28. The molecule has 0 spiro atoms. The third-order valence-corrected chi connectivity index (χ3v) is 14.3. The van der Waals surface area contributed by atoms with Crippen molar-refractivity contribution in [3.05, 3.63) is 125 Å². The maximum atomic E-state index is 14.4. The van der Waals surface area contributed by atoms with Crippen LogP contribution in [-0.2, 0) is 14.4 Å². The van der Waals surface area contributed by atoms with Gasteiger partial charge < -0.3 is 21.7 Å². The molecule has 0 radical (unpaired) electrons. The Morgan fingerprint density at radius 3 is 1.93 bits per heavy atom. The van der Waals surface area contributed by atoms with Crippen LogP contribution in [0.15, 0.2) is 120 Å². The van der Waals surface area contributed by atoms with Crippen LogP contribution in [-0.4, -0.2) is 127 Å². The van der Waals surface area contributed by atoms with Crippen molar-refractivity contribution in [3.63, 3.8) is 0 Å². The average Bonchev–Trinajstić information content (AvgIpc) is 4.24. The summed E-state index contributed by atoms with van der Waals surface area (Å²) in [6.45, 7) is 37.2. The molecule has 1 saturated carbocycles. The van der Waals surface area contributed by atoms with Crippen molar-refractivity contribution in [2.24, 2.45) is 35.1 Å². The van der Waals surface area contributed by atoms with Gasteiger partial charge in [0, 0.05) is 67.2 Å². The van der Waals surface area contributed by atoms with Crippen molar-refractivity contribution in [1.29, 1.82) is 0 Å². The van der Waals surface area contributed by atoms with Gasteiger partial charge in [0.05, 0.1) is 12.1 Å². The number of nitrogens with zero attached hydrogens (tertiary/aromatic N) is 3. The number of allylic oxidation sites excluding steroid dienone is 10. The molecule has 6 unspecified atom stereocenters. The molecule has 3 aliphatic carbocycles. The van der Waals surface area contributed by atoms with Gasteiger partial charge in [0.1, 0.15) is 6.17 Å². The smallest absolute Gasteiger partial charge is 0.477 e. The molecule has 85 heavy (non-hydrogen) atoms. The van der Waals surface area contributed by atoms with E-state index in [2.05, 4.69) is 96.6 Å². The lowest BCUT2D eigenvalue weighted by Gasteiger charge is -2.28.